The quantitative estimate of drug-likeness (QED) is 0.736. The van der Waals surface area contributed by atoms with E-state index in [0.717, 1.165) is 18.6 Å². The minimum absolute atomic E-state index is 0.129. The molecule has 0 aliphatic rings. The van der Waals surface area contributed by atoms with Gasteiger partial charge in [0, 0.05) is 13.1 Å². The van der Waals surface area contributed by atoms with E-state index in [4.69, 9.17) is 4.74 Å². The summed E-state index contributed by atoms with van der Waals surface area (Å²) in [5.41, 5.74) is 1.22. The van der Waals surface area contributed by atoms with Crippen LogP contribution in [0.5, 0.6) is 5.75 Å². The van der Waals surface area contributed by atoms with Gasteiger partial charge in [-0.1, -0.05) is 48.5 Å². The maximum atomic E-state index is 11.6. The van der Waals surface area contributed by atoms with Gasteiger partial charge in [0.15, 0.2) is 0 Å². The zero-order valence-corrected chi connectivity index (χ0v) is 12.6. The van der Waals surface area contributed by atoms with Crippen LogP contribution in [0.25, 0.3) is 0 Å². The lowest BCUT2D eigenvalue weighted by Crippen LogP contribution is -2.37. The summed E-state index contributed by atoms with van der Waals surface area (Å²) in [6, 6.07) is 19.6. The minimum atomic E-state index is -0.129. The Kier molecular flexibility index (Phi) is 6.82. The van der Waals surface area contributed by atoms with Gasteiger partial charge in [0.1, 0.15) is 5.75 Å². The third kappa shape index (κ3) is 6.31. The first-order valence-electron chi connectivity index (χ1n) is 7.58. The molecule has 116 valence electrons. The van der Waals surface area contributed by atoms with Crippen LogP contribution in [0.1, 0.15) is 12.0 Å². The van der Waals surface area contributed by atoms with Crippen molar-refractivity contribution in [3.63, 3.8) is 0 Å². The van der Waals surface area contributed by atoms with Crippen molar-refractivity contribution in [2.24, 2.45) is 0 Å². The fourth-order valence-electron chi connectivity index (χ4n) is 2.01. The molecule has 0 atom stereocenters. The van der Waals surface area contributed by atoms with E-state index in [0.29, 0.717) is 19.7 Å². The van der Waals surface area contributed by atoms with E-state index in [-0.39, 0.29) is 6.03 Å². The zero-order chi connectivity index (χ0) is 15.5. The number of nitrogens with one attached hydrogen (secondary N) is 2. The highest BCUT2D eigenvalue weighted by atomic mass is 16.5. The second-order valence-corrected chi connectivity index (χ2v) is 4.93. The standard InChI is InChI=1S/C18H22N2O2/c21-18(20-14-12-16-8-3-1-4-9-16)19-13-7-15-22-17-10-5-2-6-11-17/h1-6,8-11H,7,12-15H2,(H2,19,20,21). The average molecular weight is 298 g/mol. The van der Waals surface area contributed by atoms with Crippen molar-refractivity contribution < 1.29 is 9.53 Å². The Bertz CT molecular complexity index is 544. The number of urea groups is 1. The first-order chi connectivity index (χ1) is 10.8. The second kappa shape index (κ2) is 9.45. The normalized spacial score (nSPS) is 10.0. The number of carbonyl (C=O) groups excluding carboxylic acids is 1. The molecule has 0 radical (unpaired) electrons. The van der Waals surface area contributed by atoms with E-state index in [2.05, 4.69) is 22.8 Å². The van der Waals surface area contributed by atoms with Gasteiger partial charge in [-0.15, -0.1) is 0 Å². The van der Waals surface area contributed by atoms with Crippen LogP contribution in [0, 0.1) is 0 Å². The molecule has 22 heavy (non-hydrogen) atoms. The van der Waals surface area contributed by atoms with Crippen molar-refractivity contribution in [2.45, 2.75) is 12.8 Å². The number of benzene rings is 2. The largest absolute Gasteiger partial charge is 0.494 e. The molecule has 2 aromatic carbocycles. The van der Waals surface area contributed by atoms with Crippen molar-refractivity contribution in [3.8, 4) is 5.75 Å². The van der Waals surface area contributed by atoms with Crippen molar-refractivity contribution in [3.05, 3.63) is 66.2 Å². The van der Waals surface area contributed by atoms with Crippen LogP contribution in [0.3, 0.4) is 0 Å². The monoisotopic (exact) mass is 298 g/mol. The van der Waals surface area contributed by atoms with Crippen molar-refractivity contribution in [1.82, 2.24) is 10.6 Å². The van der Waals surface area contributed by atoms with Gasteiger partial charge in [-0.2, -0.15) is 0 Å². The van der Waals surface area contributed by atoms with E-state index >= 15 is 0 Å². The Morgan fingerprint density at radius 1 is 0.864 bits per heavy atom. The van der Waals surface area contributed by atoms with Gasteiger partial charge < -0.3 is 15.4 Å². The van der Waals surface area contributed by atoms with Crippen LogP contribution in [-0.2, 0) is 6.42 Å². The number of rotatable bonds is 8. The molecule has 0 aromatic heterocycles. The van der Waals surface area contributed by atoms with E-state index < -0.39 is 0 Å². The van der Waals surface area contributed by atoms with Crippen LogP contribution >= 0.6 is 0 Å². The van der Waals surface area contributed by atoms with Gasteiger partial charge in [-0.05, 0) is 30.5 Å². The average Bonchev–Trinajstić information content (AvgIpc) is 2.56. The maximum absolute atomic E-state index is 11.6. The summed E-state index contributed by atoms with van der Waals surface area (Å²) in [4.78, 5) is 11.6. The summed E-state index contributed by atoms with van der Waals surface area (Å²) >= 11 is 0. The van der Waals surface area contributed by atoms with Crippen molar-refractivity contribution in [2.75, 3.05) is 19.7 Å². The van der Waals surface area contributed by atoms with Crippen molar-refractivity contribution in [1.29, 1.82) is 0 Å². The molecule has 0 aliphatic carbocycles. The van der Waals surface area contributed by atoms with Crippen LogP contribution in [0.15, 0.2) is 60.7 Å². The van der Waals surface area contributed by atoms with E-state index in [1.807, 2.05) is 48.5 Å². The lowest BCUT2D eigenvalue weighted by molar-refractivity contribution is 0.239. The first kappa shape index (κ1) is 15.9. The molecule has 0 saturated carbocycles. The van der Waals surface area contributed by atoms with Crippen LogP contribution < -0.4 is 15.4 Å². The molecule has 0 saturated heterocycles. The Hall–Kier alpha value is -2.49. The maximum Gasteiger partial charge on any atom is 0.314 e. The summed E-state index contributed by atoms with van der Waals surface area (Å²) in [6.45, 7) is 1.83. The third-order valence-electron chi connectivity index (χ3n) is 3.16. The molecule has 2 amide bonds. The molecule has 0 unspecified atom stereocenters. The predicted octanol–water partition coefficient (Wildman–Crippen LogP) is 3.00. The molecule has 0 fully saturated rings. The summed E-state index contributed by atoms with van der Waals surface area (Å²) in [6.07, 6.45) is 1.62. The predicted molar refractivity (Wildman–Crippen MR) is 88.1 cm³/mol. The Balaban J connectivity index is 1.49. The summed E-state index contributed by atoms with van der Waals surface area (Å²) in [5.74, 6) is 0.856. The molecule has 2 rings (SSSR count). The lowest BCUT2D eigenvalue weighted by Gasteiger charge is -2.08. The number of hydrogen-bond donors (Lipinski definition) is 2. The smallest absolute Gasteiger partial charge is 0.314 e. The zero-order valence-electron chi connectivity index (χ0n) is 12.6. The number of hydrogen-bond acceptors (Lipinski definition) is 2. The van der Waals surface area contributed by atoms with E-state index in [1.54, 1.807) is 0 Å². The van der Waals surface area contributed by atoms with Gasteiger partial charge in [-0.3, -0.25) is 0 Å². The molecule has 4 heteroatoms. The van der Waals surface area contributed by atoms with Crippen LogP contribution in [0.2, 0.25) is 0 Å². The first-order valence-corrected chi connectivity index (χ1v) is 7.58. The van der Waals surface area contributed by atoms with Gasteiger partial charge in [0.25, 0.3) is 0 Å². The fraction of sp³-hybridized carbons (Fsp3) is 0.278. The van der Waals surface area contributed by atoms with Gasteiger partial charge >= 0.3 is 6.03 Å². The molecule has 4 nitrogen and oxygen atoms in total. The lowest BCUT2D eigenvalue weighted by atomic mass is 10.1. The molecule has 2 N–H and O–H groups in total. The number of ether oxygens (including phenoxy) is 1. The highest BCUT2D eigenvalue weighted by molar-refractivity contribution is 5.73. The minimum Gasteiger partial charge on any atom is -0.494 e. The summed E-state index contributed by atoms with van der Waals surface area (Å²) < 4.78 is 5.56. The molecule has 0 bridgehead atoms. The van der Waals surface area contributed by atoms with Gasteiger partial charge in [0.05, 0.1) is 6.61 Å². The topological polar surface area (TPSA) is 50.4 Å². The Morgan fingerprint density at radius 2 is 1.50 bits per heavy atom. The van der Waals surface area contributed by atoms with Gasteiger partial charge in [0.2, 0.25) is 0 Å². The third-order valence-corrected chi connectivity index (χ3v) is 3.16. The highest BCUT2D eigenvalue weighted by Gasteiger charge is 1.99. The van der Waals surface area contributed by atoms with E-state index in [1.165, 1.54) is 5.56 Å². The molecular formula is C18H22N2O2. The summed E-state index contributed by atoms with van der Waals surface area (Å²) in [7, 11) is 0. The molecule has 0 heterocycles. The Morgan fingerprint density at radius 3 is 2.23 bits per heavy atom. The fourth-order valence-corrected chi connectivity index (χ4v) is 2.01. The Labute approximate surface area is 131 Å². The number of carbonyl (C=O) groups is 1. The van der Waals surface area contributed by atoms with E-state index in [9.17, 15) is 4.79 Å². The second-order valence-electron chi connectivity index (χ2n) is 4.93. The van der Waals surface area contributed by atoms with Crippen molar-refractivity contribution >= 4 is 6.03 Å². The molecule has 0 aliphatic heterocycles. The van der Waals surface area contributed by atoms with Gasteiger partial charge in [-0.25, -0.2) is 4.79 Å². The number of para-hydroxylation sites is 1. The molecule has 0 spiro atoms. The molecule has 2 aromatic rings. The SMILES string of the molecule is O=C(NCCCOc1ccccc1)NCCc1ccccc1. The molecular weight excluding hydrogens is 276 g/mol. The van der Waals surface area contributed by atoms with Crippen LogP contribution in [0.4, 0.5) is 4.79 Å². The highest BCUT2D eigenvalue weighted by Crippen LogP contribution is 2.07. The number of amides is 2. The summed E-state index contributed by atoms with van der Waals surface area (Å²) in [5, 5.41) is 5.67. The van der Waals surface area contributed by atoms with Crippen LogP contribution in [-0.4, -0.2) is 25.7 Å².